The van der Waals surface area contributed by atoms with Crippen LogP contribution >= 0.6 is 0 Å². The molecule has 0 saturated heterocycles. The summed E-state index contributed by atoms with van der Waals surface area (Å²) in [5.41, 5.74) is 6.82. The van der Waals surface area contributed by atoms with Crippen LogP contribution in [0.2, 0.25) is 0 Å². The maximum absolute atomic E-state index is 11.1. The van der Waals surface area contributed by atoms with E-state index >= 15 is 0 Å². The molecule has 1 amide bonds. The number of hydrogen-bond donors (Lipinski definition) is 3. The van der Waals surface area contributed by atoms with Crippen molar-refractivity contribution in [2.75, 3.05) is 20.1 Å². The molecule has 0 heterocycles. The molecule has 0 aliphatic carbocycles. The van der Waals surface area contributed by atoms with Crippen molar-refractivity contribution in [3.63, 3.8) is 0 Å². The van der Waals surface area contributed by atoms with Gasteiger partial charge in [-0.3, -0.25) is 14.7 Å². The highest BCUT2D eigenvalue weighted by atomic mass is 16.1. The van der Waals surface area contributed by atoms with Gasteiger partial charge in [0.15, 0.2) is 5.96 Å². The van der Waals surface area contributed by atoms with E-state index in [2.05, 4.69) is 48.2 Å². The van der Waals surface area contributed by atoms with E-state index in [1.807, 2.05) is 12.1 Å². The van der Waals surface area contributed by atoms with Crippen LogP contribution in [-0.4, -0.2) is 49.0 Å². The second-order valence-corrected chi connectivity index (χ2v) is 6.34. The van der Waals surface area contributed by atoms with Gasteiger partial charge in [0, 0.05) is 44.3 Å². The van der Waals surface area contributed by atoms with E-state index in [0.717, 1.165) is 24.6 Å². The van der Waals surface area contributed by atoms with Gasteiger partial charge in [0.2, 0.25) is 5.91 Å². The number of nitrogens with one attached hydrogen (secondary N) is 2. The number of guanidine groups is 1. The minimum Gasteiger partial charge on any atom is -0.366 e. The van der Waals surface area contributed by atoms with Crippen LogP contribution in [0.3, 0.4) is 0 Å². The molecule has 6 heteroatoms. The van der Waals surface area contributed by atoms with Crippen LogP contribution < -0.4 is 16.4 Å². The maximum Gasteiger partial charge on any atom is 0.248 e. The normalized spacial score (nSPS) is 12.1. The molecular weight excluding hydrogens is 302 g/mol. The zero-order valence-corrected chi connectivity index (χ0v) is 15.5. The molecule has 0 radical (unpaired) electrons. The molecule has 6 nitrogen and oxygen atoms in total. The number of hydrogen-bond acceptors (Lipinski definition) is 3. The number of amides is 1. The molecule has 1 rings (SSSR count). The molecule has 0 unspecified atom stereocenters. The van der Waals surface area contributed by atoms with E-state index in [0.29, 0.717) is 24.2 Å². The summed E-state index contributed by atoms with van der Waals surface area (Å²) in [6, 6.07) is 8.28. The van der Waals surface area contributed by atoms with Crippen LogP contribution in [0.1, 0.15) is 43.6 Å². The van der Waals surface area contributed by atoms with Crippen LogP contribution in [0.15, 0.2) is 29.3 Å². The first kappa shape index (κ1) is 20.0. The van der Waals surface area contributed by atoms with Crippen LogP contribution in [-0.2, 0) is 6.54 Å². The van der Waals surface area contributed by atoms with Gasteiger partial charge in [-0.15, -0.1) is 0 Å². The number of aliphatic imine (C=N–C) groups is 1. The largest absolute Gasteiger partial charge is 0.366 e. The molecule has 0 spiro atoms. The average molecular weight is 333 g/mol. The number of nitrogens with two attached hydrogens (primary N) is 1. The number of rotatable bonds is 8. The Morgan fingerprint density at radius 1 is 1.12 bits per heavy atom. The Hall–Kier alpha value is -2.08. The molecule has 0 aliphatic rings. The molecule has 1 aromatic carbocycles. The smallest absolute Gasteiger partial charge is 0.248 e. The van der Waals surface area contributed by atoms with E-state index in [-0.39, 0.29) is 0 Å². The zero-order valence-electron chi connectivity index (χ0n) is 15.5. The van der Waals surface area contributed by atoms with E-state index in [1.165, 1.54) is 0 Å². The van der Waals surface area contributed by atoms with Crippen molar-refractivity contribution in [2.24, 2.45) is 10.7 Å². The maximum atomic E-state index is 11.1. The summed E-state index contributed by atoms with van der Waals surface area (Å²) >= 11 is 0. The first-order valence-corrected chi connectivity index (χ1v) is 8.44. The second kappa shape index (κ2) is 9.93. The van der Waals surface area contributed by atoms with Crippen molar-refractivity contribution in [1.82, 2.24) is 15.5 Å². The molecule has 0 aromatic heterocycles. The Morgan fingerprint density at radius 3 is 2.17 bits per heavy atom. The summed E-state index contributed by atoms with van der Waals surface area (Å²) in [5.74, 6) is 0.355. The zero-order chi connectivity index (χ0) is 18.1. The molecule has 0 aliphatic heterocycles. The van der Waals surface area contributed by atoms with Gasteiger partial charge in [0.25, 0.3) is 0 Å². The predicted molar refractivity (Wildman–Crippen MR) is 100 cm³/mol. The van der Waals surface area contributed by atoms with Crippen molar-refractivity contribution < 1.29 is 4.79 Å². The van der Waals surface area contributed by atoms with Gasteiger partial charge < -0.3 is 16.4 Å². The van der Waals surface area contributed by atoms with Crippen molar-refractivity contribution >= 4 is 11.9 Å². The molecule has 1 aromatic rings. The van der Waals surface area contributed by atoms with Crippen molar-refractivity contribution in [3.8, 4) is 0 Å². The summed E-state index contributed by atoms with van der Waals surface area (Å²) in [6.07, 6.45) is 0. The predicted octanol–water partition coefficient (Wildman–Crippen LogP) is 1.57. The van der Waals surface area contributed by atoms with Crippen LogP contribution in [0.4, 0.5) is 0 Å². The van der Waals surface area contributed by atoms with Gasteiger partial charge in [0.05, 0.1) is 0 Å². The van der Waals surface area contributed by atoms with Gasteiger partial charge in [-0.05, 0) is 45.4 Å². The SMILES string of the molecule is CN=C(NCCN(C(C)C)C(C)C)NCc1ccc(C(N)=O)cc1. The fourth-order valence-corrected chi connectivity index (χ4v) is 2.61. The Balaban J connectivity index is 2.44. The summed E-state index contributed by atoms with van der Waals surface area (Å²) in [7, 11) is 1.76. The summed E-state index contributed by atoms with van der Waals surface area (Å²) in [6.45, 7) is 11.3. The quantitative estimate of drug-likeness (QED) is 0.498. The van der Waals surface area contributed by atoms with Crippen molar-refractivity contribution in [2.45, 2.75) is 46.3 Å². The van der Waals surface area contributed by atoms with Crippen molar-refractivity contribution in [3.05, 3.63) is 35.4 Å². The lowest BCUT2D eigenvalue weighted by Crippen LogP contribution is -2.45. The third kappa shape index (κ3) is 6.58. The highest BCUT2D eigenvalue weighted by Gasteiger charge is 2.12. The van der Waals surface area contributed by atoms with Crippen LogP contribution in [0.5, 0.6) is 0 Å². The Morgan fingerprint density at radius 2 is 1.71 bits per heavy atom. The summed E-state index contributed by atoms with van der Waals surface area (Å²) < 4.78 is 0. The van der Waals surface area contributed by atoms with Gasteiger partial charge in [-0.2, -0.15) is 0 Å². The Bertz CT molecular complexity index is 529. The number of carbonyl (C=O) groups excluding carboxylic acids is 1. The van der Waals surface area contributed by atoms with Gasteiger partial charge >= 0.3 is 0 Å². The number of primary amides is 1. The minimum atomic E-state index is -0.410. The third-order valence-electron chi connectivity index (χ3n) is 3.91. The number of nitrogens with zero attached hydrogens (tertiary/aromatic N) is 2. The molecule has 0 fully saturated rings. The summed E-state index contributed by atoms with van der Waals surface area (Å²) in [5, 5.41) is 6.60. The van der Waals surface area contributed by atoms with Gasteiger partial charge in [0.1, 0.15) is 0 Å². The number of benzene rings is 1. The molecule has 0 saturated carbocycles. The van der Waals surface area contributed by atoms with E-state index in [9.17, 15) is 4.79 Å². The van der Waals surface area contributed by atoms with Crippen LogP contribution in [0, 0.1) is 0 Å². The lowest BCUT2D eigenvalue weighted by atomic mass is 10.1. The van der Waals surface area contributed by atoms with E-state index < -0.39 is 5.91 Å². The fraction of sp³-hybridized carbons (Fsp3) is 0.556. The Kier molecular flexibility index (Phi) is 8.26. The second-order valence-electron chi connectivity index (χ2n) is 6.34. The topological polar surface area (TPSA) is 82.8 Å². The molecule has 0 bridgehead atoms. The number of carbonyl (C=O) groups is 1. The highest BCUT2D eigenvalue weighted by Crippen LogP contribution is 2.04. The molecule has 24 heavy (non-hydrogen) atoms. The fourth-order valence-electron chi connectivity index (χ4n) is 2.61. The third-order valence-corrected chi connectivity index (χ3v) is 3.91. The van der Waals surface area contributed by atoms with Gasteiger partial charge in [-0.25, -0.2) is 0 Å². The first-order valence-electron chi connectivity index (χ1n) is 8.44. The lowest BCUT2D eigenvalue weighted by molar-refractivity contribution is 0.100. The Labute approximate surface area is 145 Å². The molecule has 134 valence electrons. The standard InChI is InChI=1S/C18H31N5O/c1-13(2)23(14(3)4)11-10-21-18(20-5)22-12-15-6-8-16(9-7-15)17(19)24/h6-9,13-14H,10-12H2,1-5H3,(H2,19,24)(H2,20,21,22). The first-order chi connectivity index (χ1) is 11.3. The lowest BCUT2D eigenvalue weighted by Gasteiger charge is -2.30. The van der Waals surface area contributed by atoms with E-state index in [1.54, 1.807) is 19.2 Å². The molecular formula is C18H31N5O. The highest BCUT2D eigenvalue weighted by molar-refractivity contribution is 5.92. The van der Waals surface area contributed by atoms with Gasteiger partial charge in [-0.1, -0.05) is 12.1 Å². The summed E-state index contributed by atoms with van der Waals surface area (Å²) in [4.78, 5) is 17.7. The average Bonchev–Trinajstić information content (AvgIpc) is 2.53. The van der Waals surface area contributed by atoms with Crippen LogP contribution in [0.25, 0.3) is 0 Å². The monoisotopic (exact) mass is 333 g/mol. The van der Waals surface area contributed by atoms with Crippen molar-refractivity contribution in [1.29, 1.82) is 0 Å². The minimum absolute atomic E-state index is 0.410. The van der Waals surface area contributed by atoms with E-state index in [4.69, 9.17) is 5.73 Å². The molecule has 0 atom stereocenters. The molecule has 4 N–H and O–H groups in total.